The van der Waals surface area contributed by atoms with E-state index in [9.17, 15) is 0 Å². The van der Waals surface area contributed by atoms with Crippen molar-refractivity contribution in [3.05, 3.63) is 0 Å². The van der Waals surface area contributed by atoms with E-state index in [0.29, 0.717) is 18.2 Å². The predicted molar refractivity (Wildman–Crippen MR) is 75.9 cm³/mol. The Morgan fingerprint density at radius 3 is 2.44 bits per heavy atom. The number of rotatable bonds is 6. The van der Waals surface area contributed by atoms with Crippen LogP contribution >= 0.6 is 0 Å². The van der Waals surface area contributed by atoms with Crippen LogP contribution in [0, 0.1) is 5.92 Å². The molecule has 1 saturated heterocycles. The zero-order valence-electron chi connectivity index (χ0n) is 12.3. The quantitative estimate of drug-likeness (QED) is 0.787. The Balaban J connectivity index is 1.62. The summed E-state index contributed by atoms with van der Waals surface area (Å²) in [6.07, 6.45) is 5.69. The minimum absolute atomic E-state index is 0.529. The van der Waals surface area contributed by atoms with Crippen molar-refractivity contribution in [2.75, 3.05) is 26.2 Å². The maximum atomic E-state index is 5.62. The molecule has 0 radical (unpaired) electrons. The van der Waals surface area contributed by atoms with Gasteiger partial charge in [0.1, 0.15) is 0 Å². The molecule has 0 aromatic carbocycles. The third kappa shape index (κ3) is 3.69. The molecule has 3 nitrogen and oxygen atoms in total. The van der Waals surface area contributed by atoms with E-state index in [4.69, 9.17) is 4.74 Å². The first-order valence-corrected chi connectivity index (χ1v) is 7.82. The van der Waals surface area contributed by atoms with Crippen LogP contribution in [0.25, 0.3) is 0 Å². The van der Waals surface area contributed by atoms with Crippen molar-refractivity contribution >= 4 is 0 Å². The third-order valence-electron chi connectivity index (χ3n) is 4.78. The largest absolute Gasteiger partial charge is 0.378 e. The Hall–Kier alpha value is -0.120. The molecule has 1 atom stereocenters. The molecule has 0 aromatic rings. The standard InChI is InChI=1S/C15H30N2O/c1-4-17-8-6-13(7-9-17)12(3)16-14-10-15(11-14)18-5-2/h12-16H,4-11H2,1-3H3. The second-order valence-corrected chi connectivity index (χ2v) is 5.97. The van der Waals surface area contributed by atoms with Gasteiger partial charge in [-0.25, -0.2) is 0 Å². The molecule has 0 bridgehead atoms. The molecule has 1 aliphatic heterocycles. The summed E-state index contributed by atoms with van der Waals surface area (Å²) in [4.78, 5) is 2.57. The number of likely N-dealkylation sites (tertiary alicyclic amines) is 1. The lowest BCUT2D eigenvalue weighted by atomic mass is 9.85. The molecule has 18 heavy (non-hydrogen) atoms. The van der Waals surface area contributed by atoms with E-state index in [-0.39, 0.29) is 0 Å². The summed E-state index contributed by atoms with van der Waals surface area (Å²) in [5.41, 5.74) is 0. The molecule has 1 heterocycles. The Morgan fingerprint density at radius 1 is 1.22 bits per heavy atom. The first-order chi connectivity index (χ1) is 8.72. The number of hydrogen-bond donors (Lipinski definition) is 1. The minimum atomic E-state index is 0.529. The van der Waals surface area contributed by atoms with E-state index in [2.05, 4.69) is 31.0 Å². The lowest BCUT2D eigenvalue weighted by Gasteiger charge is -2.41. The average molecular weight is 254 g/mol. The van der Waals surface area contributed by atoms with Gasteiger partial charge in [-0.15, -0.1) is 0 Å². The smallest absolute Gasteiger partial charge is 0.0604 e. The van der Waals surface area contributed by atoms with Crippen molar-refractivity contribution < 1.29 is 4.74 Å². The average Bonchev–Trinajstić information content (AvgIpc) is 2.36. The van der Waals surface area contributed by atoms with Gasteiger partial charge in [0, 0.05) is 18.7 Å². The number of hydrogen-bond acceptors (Lipinski definition) is 3. The van der Waals surface area contributed by atoms with Crippen molar-refractivity contribution in [3.8, 4) is 0 Å². The van der Waals surface area contributed by atoms with E-state index in [0.717, 1.165) is 12.5 Å². The van der Waals surface area contributed by atoms with Crippen LogP contribution in [0.4, 0.5) is 0 Å². The van der Waals surface area contributed by atoms with Gasteiger partial charge < -0.3 is 15.0 Å². The Morgan fingerprint density at radius 2 is 1.89 bits per heavy atom. The van der Waals surface area contributed by atoms with Gasteiger partial charge in [0.2, 0.25) is 0 Å². The lowest BCUT2D eigenvalue weighted by molar-refractivity contribution is -0.0145. The molecule has 1 unspecified atom stereocenters. The van der Waals surface area contributed by atoms with Crippen LogP contribution in [0.15, 0.2) is 0 Å². The molecule has 3 heteroatoms. The van der Waals surface area contributed by atoms with Crippen LogP contribution in [0.3, 0.4) is 0 Å². The van der Waals surface area contributed by atoms with Crippen LogP contribution in [0.2, 0.25) is 0 Å². The van der Waals surface area contributed by atoms with Gasteiger partial charge in [0.05, 0.1) is 6.10 Å². The van der Waals surface area contributed by atoms with E-state index < -0.39 is 0 Å². The first-order valence-electron chi connectivity index (χ1n) is 7.82. The maximum Gasteiger partial charge on any atom is 0.0604 e. The maximum absolute atomic E-state index is 5.62. The summed E-state index contributed by atoms with van der Waals surface area (Å²) in [6.45, 7) is 11.4. The molecule has 1 aliphatic carbocycles. The molecule has 0 spiro atoms. The molecule has 0 aromatic heterocycles. The lowest BCUT2D eigenvalue weighted by Crippen LogP contribution is -2.51. The van der Waals surface area contributed by atoms with Gasteiger partial charge in [-0.2, -0.15) is 0 Å². The molecular weight excluding hydrogens is 224 g/mol. The summed E-state index contributed by atoms with van der Waals surface area (Å²) < 4.78 is 5.62. The minimum Gasteiger partial charge on any atom is -0.378 e. The summed E-state index contributed by atoms with van der Waals surface area (Å²) in [6, 6.07) is 1.39. The number of nitrogens with zero attached hydrogens (tertiary/aromatic N) is 1. The van der Waals surface area contributed by atoms with Crippen LogP contribution in [0.1, 0.15) is 46.5 Å². The van der Waals surface area contributed by atoms with E-state index in [1.165, 1.54) is 45.3 Å². The Kier molecular flexibility index (Phi) is 5.46. The fourth-order valence-electron chi connectivity index (χ4n) is 3.35. The zero-order valence-corrected chi connectivity index (χ0v) is 12.3. The third-order valence-corrected chi connectivity index (χ3v) is 4.78. The highest BCUT2D eigenvalue weighted by Gasteiger charge is 2.32. The topological polar surface area (TPSA) is 24.5 Å². The molecule has 2 rings (SSSR count). The van der Waals surface area contributed by atoms with Crippen LogP contribution < -0.4 is 5.32 Å². The Labute approximate surface area is 112 Å². The molecule has 1 N–H and O–H groups in total. The van der Waals surface area contributed by atoms with Crippen molar-refractivity contribution in [3.63, 3.8) is 0 Å². The molecule has 0 amide bonds. The zero-order chi connectivity index (χ0) is 13.0. The van der Waals surface area contributed by atoms with Crippen LogP contribution in [-0.2, 0) is 4.74 Å². The number of ether oxygens (including phenoxy) is 1. The summed E-state index contributed by atoms with van der Waals surface area (Å²) in [5.74, 6) is 0.874. The van der Waals surface area contributed by atoms with Crippen molar-refractivity contribution in [1.29, 1.82) is 0 Å². The SMILES string of the molecule is CCOC1CC(NC(C)C2CCN(CC)CC2)C1. The summed E-state index contributed by atoms with van der Waals surface area (Å²) in [5, 5.41) is 3.81. The normalized spacial score (nSPS) is 32.2. The molecule has 106 valence electrons. The highest BCUT2D eigenvalue weighted by molar-refractivity contribution is 4.90. The second-order valence-electron chi connectivity index (χ2n) is 5.97. The summed E-state index contributed by atoms with van der Waals surface area (Å²) in [7, 11) is 0. The van der Waals surface area contributed by atoms with Gasteiger partial charge >= 0.3 is 0 Å². The van der Waals surface area contributed by atoms with Crippen LogP contribution in [-0.4, -0.2) is 49.3 Å². The highest BCUT2D eigenvalue weighted by Crippen LogP contribution is 2.26. The molecule has 2 fully saturated rings. The molecular formula is C15H30N2O. The van der Waals surface area contributed by atoms with Gasteiger partial charge in [-0.05, 0) is 65.1 Å². The predicted octanol–water partition coefficient (Wildman–Crippen LogP) is 2.26. The van der Waals surface area contributed by atoms with Gasteiger partial charge in [-0.3, -0.25) is 0 Å². The van der Waals surface area contributed by atoms with Gasteiger partial charge in [-0.1, -0.05) is 6.92 Å². The van der Waals surface area contributed by atoms with Gasteiger partial charge in [0.25, 0.3) is 0 Å². The van der Waals surface area contributed by atoms with Crippen molar-refractivity contribution in [2.24, 2.45) is 5.92 Å². The highest BCUT2D eigenvalue weighted by atomic mass is 16.5. The molecule has 2 aliphatic rings. The fraction of sp³-hybridized carbons (Fsp3) is 1.00. The number of piperidine rings is 1. The summed E-state index contributed by atoms with van der Waals surface area (Å²) >= 11 is 0. The van der Waals surface area contributed by atoms with Crippen molar-refractivity contribution in [2.45, 2.75) is 64.6 Å². The number of nitrogens with one attached hydrogen (secondary N) is 1. The van der Waals surface area contributed by atoms with Crippen LogP contribution in [0.5, 0.6) is 0 Å². The fourth-order valence-corrected chi connectivity index (χ4v) is 3.35. The second kappa shape index (κ2) is 6.88. The molecule has 1 saturated carbocycles. The monoisotopic (exact) mass is 254 g/mol. The van der Waals surface area contributed by atoms with Gasteiger partial charge in [0.15, 0.2) is 0 Å². The van der Waals surface area contributed by atoms with E-state index >= 15 is 0 Å². The van der Waals surface area contributed by atoms with Crippen molar-refractivity contribution in [1.82, 2.24) is 10.2 Å². The Bertz CT molecular complexity index is 233. The van der Waals surface area contributed by atoms with E-state index in [1.54, 1.807) is 0 Å². The van der Waals surface area contributed by atoms with E-state index in [1.807, 2.05) is 0 Å². The first kappa shape index (κ1) is 14.3.